The van der Waals surface area contributed by atoms with Crippen molar-refractivity contribution in [1.82, 2.24) is 19.1 Å². The van der Waals surface area contributed by atoms with Gasteiger partial charge in [-0.05, 0) is 13.1 Å². The number of nitrogens with zero attached hydrogens (tertiary/aromatic N) is 3. The maximum absolute atomic E-state index is 11.6. The van der Waals surface area contributed by atoms with Gasteiger partial charge in [0, 0.05) is 16.4 Å². The molecule has 0 fully saturated rings. The van der Waals surface area contributed by atoms with Crippen molar-refractivity contribution in [2.75, 3.05) is 5.73 Å². The van der Waals surface area contributed by atoms with Crippen molar-refractivity contribution in [2.24, 2.45) is 12.8 Å². The largest absolute Gasteiger partial charge is 0.405 e. The summed E-state index contributed by atoms with van der Waals surface area (Å²) in [5.41, 5.74) is 9.93. The van der Waals surface area contributed by atoms with E-state index in [0.29, 0.717) is 17.7 Å². The Morgan fingerprint density at radius 2 is 2.11 bits per heavy atom. The minimum atomic E-state index is -0.492. The number of hydrogen-bond donors (Lipinski definition) is 3. The van der Waals surface area contributed by atoms with Crippen LogP contribution in [-0.4, -0.2) is 19.1 Å². The average Bonchev–Trinajstić information content (AvgIpc) is 2.64. The highest BCUT2D eigenvalue weighted by Crippen LogP contribution is 2.10. The van der Waals surface area contributed by atoms with Crippen LogP contribution in [0.2, 0.25) is 0 Å². The number of imidazole rings is 1. The van der Waals surface area contributed by atoms with Crippen LogP contribution in [0.1, 0.15) is 9.78 Å². The lowest BCUT2D eigenvalue weighted by Crippen LogP contribution is -2.29. The first-order valence-corrected chi connectivity index (χ1v) is 5.25. The maximum Gasteiger partial charge on any atom is 0.329 e. The van der Waals surface area contributed by atoms with Gasteiger partial charge in [0.05, 0.1) is 0 Å². The Morgan fingerprint density at radius 3 is 2.61 bits per heavy atom. The summed E-state index contributed by atoms with van der Waals surface area (Å²) in [6.07, 6.45) is 1.25. The second-order valence-corrected chi connectivity index (χ2v) is 3.44. The molecular weight excluding hydrogens is 236 g/mol. The third-order valence-electron chi connectivity index (χ3n) is 2.35. The van der Waals surface area contributed by atoms with Crippen LogP contribution in [0.25, 0.3) is 11.2 Å². The zero-order valence-electron chi connectivity index (χ0n) is 10.3. The number of rotatable bonds is 1. The second-order valence-electron chi connectivity index (χ2n) is 3.44. The fraction of sp³-hybridized carbons (Fsp3) is 0.300. The van der Waals surface area contributed by atoms with Crippen molar-refractivity contribution < 1.29 is 2.85 Å². The number of H-pyrrole nitrogens is 1. The molecular formula is C10H20N6O2. The van der Waals surface area contributed by atoms with Crippen LogP contribution >= 0.6 is 0 Å². The van der Waals surface area contributed by atoms with E-state index in [1.165, 1.54) is 17.8 Å². The number of aromatic amines is 1. The van der Waals surface area contributed by atoms with Gasteiger partial charge in [0.25, 0.3) is 5.56 Å². The van der Waals surface area contributed by atoms with Gasteiger partial charge in [-0.1, -0.05) is 6.58 Å². The van der Waals surface area contributed by atoms with Crippen LogP contribution in [0.5, 0.6) is 0 Å². The van der Waals surface area contributed by atoms with Crippen LogP contribution in [0.4, 0.5) is 5.95 Å². The highest BCUT2D eigenvalue weighted by atomic mass is 16.2. The molecule has 0 atom stereocenters. The lowest BCUT2D eigenvalue weighted by molar-refractivity contribution is 0.787. The number of fused-ring (bicyclic) bond motifs is 1. The summed E-state index contributed by atoms with van der Waals surface area (Å²) in [5.74, 6) is 0.235. The van der Waals surface area contributed by atoms with E-state index in [9.17, 15) is 9.59 Å². The first-order chi connectivity index (χ1) is 8.47. The van der Waals surface area contributed by atoms with Crippen molar-refractivity contribution in [3.05, 3.63) is 33.6 Å². The second kappa shape index (κ2) is 5.21. The molecule has 5 N–H and O–H groups in total. The summed E-state index contributed by atoms with van der Waals surface area (Å²) >= 11 is 0. The topological polar surface area (TPSA) is 125 Å². The van der Waals surface area contributed by atoms with Crippen LogP contribution in [0, 0.1) is 0 Å². The van der Waals surface area contributed by atoms with Gasteiger partial charge in [0.2, 0.25) is 5.95 Å². The minimum Gasteiger partial charge on any atom is -0.405 e. The summed E-state index contributed by atoms with van der Waals surface area (Å²) < 4.78 is 2.83. The Morgan fingerprint density at radius 1 is 1.56 bits per heavy atom. The van der Waals surface area contributed by atoms with Gasteiger partial charge in [-0.25, -0.2) is 4.79 Å². The number of aromatic nitrogens is 4. The number of nitrogen functional groups attached to an aromatic ring is 1. The molecule has 2 aromatic rings. The minimum absolute atomic E-state index is 0. The molecule has 0 bridgehead atoms. The van der Waals surface area contributed by atoms with Crippen molar-refractivity contribution in [3.8, 4) is 0 Å². The fourth-order valence-corrected chi connectivity index (χ4v) is 1.57. The van der Waals surface area contributed by atoms with Crippen LogP contribution in [0.3, 0.4) is 0 Å². The van der Waals surface area contributed by atoms with Gasteiger partial charge in [0.15, 0.2) is 11.2 Å². The molecule has 0 aliphatic heterocycles. The number of hydrogen-bond acceptors (Lipinski definition) is 5. The highest BCUT2D eigenvalue weighted by molar-refractivity contribution is 5.73. The molecule has 0 saturated heterocycles. The number of nitrogens with one attached hydrogen (secondary N) is 1. The molecule has 102 valence electrons. The molecule has 0 spiro atoms. The Balaban J connectivity index is 0. The molecule has 0 unspecified atom stereocenters. The summed E-state index contributed by atoms with van der Waals surface area (Å²) in [6.45, 7) is 5.52. The van der Waals surface area contributed by atoms with Crippen molar-refractivity contribution in [3.63, 3.8) is 0 Å². The summed E-state index contributed by atoms with van der Waals surface area (Å²) in [5, 5.41) is 0. The molecule has 0 aliphatic carbocycles. The van der Waals surface area contributed by atoms with Gasteiger partial charge in [-0.2, -0.15) is 4.98 Å². The molecule has 2 heterocycles. The van der Waals surface area contributed by atoms with E-state index in [0.717, 1.165) is 0 Å². The van der Waals surface area contributed by atoms with Gasteiger partial charge in [-0.3, -0.25) is 14.3 Å². The molecule has 2 rings (SSSR count). The normalized spacial score (nSPS) is 9.89. The third-order valence-corrected chi connectivity index (χ3v) is 2.35. The molecule has 18 heavy (non-hydrogen) atoms. The fourth-order valence-electron chi connectivity index (χ4n) is 1.57. The Bertz CT molecular complexity index is 687. The van der Waals surface area contributed by atoms with Crippen molar-refractivity contribution in [1.29, 1.82) is 0 Å². The van der Waals surface area contributed by atoms with E-state index in [1.54, 1.807) is 4.57 Å². The first kappa shape index (κ1) is 13.6. The molecule has 2 aromatic heterocycles. The van der Waals surface area contributed by atoms with Crippen LogP contribution in [-0.2, 0) is 13.6 Å². The predicted molar refractivity (Wildman–Crippen MR) is 74.3 cm³/mol. The zero-order valence-corrected chi connectivity index (χ0v) is 10.3. The van der Waals surface area contributed by atoms with E-state index >= 15 is 0 Å². The third kappa shape index (κ3) is 2.12. The number of anilines is 1. The standard InChI is InChI=1S/C8H11N5O2.C2H5N.2H2/c1-3-13-4-5(10-7(13)9)12(2)8(15)11-6(4)14;1-2-3;;/h3H2,1-2H3,(H2,9,10)(H,11,14,15);2H,1,3H2;2*1H. The molecule has 0 saturated carbocycles. The summed E-state index contributed by atoms with van der Waals surface area (Å²) in [7, 11) is 1.53. The van der Waals surface area contributed by atoms with E-state index in [-0.39, 0.29) is 8.80 Å². The van der Waals surface area contributed by atoms with Crippen LogP contribution in [0.15, 0.2) is 22.4 Å². The molecule has 0 amide bonds. The average molecular weight is 256 g/mol. The zero-order chi connectivity index (χ0) is 13.9. The highest BCUT2D eigenvalue weighted by Gasteiger charge is 2.13. The summed E-state index contributed by atoms with van der Waals surface area (Å²) in [6, 6.07) is 0. The Hall–Kier alpha value is -2.51. The first-order valence-electron chi connectivity index (χ1n) is 5.25. The monoisotopic (exact) mass is 256 g/mol. The molecule has 0 radical (unpaired) electrons. The van der Waals surface area contributed by atoms with Gasteiger partial charge in [0.1, 0.15) is 0 Å². The lowest BCUT2D eigenvalue weighted by Gasteiger charge is -2.00. The van der Waals surface area contributed by atoms with Crippen molar-refractivity contribution in [2.45, 2.75) is 13.5 Å². The Labute approximate surface area is 106 Å². The SMILES string of the molecule is C=CN.CCn1c(N)nc2c1c(=O)[nH]c(=O)n2C.[HH].[HH]. The van der Waals surface area contributed by atoms with Crippen LogP contribution < -0.4 is 22.7 Å². The molecule has 8 nitrogen and oxygen atoms in total. The Kier molecular flexibility index (Phi) is 3.93. The van der Waals surface area contributed by atoms with E-state index in [2.05, 4.69) is 22.3 Å². The van der Waals surface area contributed by atoms with E-state index < -0.39 is 11.2 Å². The molecule has 0 aromatic carbocycles. The predicted octanol–water partition coefficient (Wildman–Crippen LogP) is -0.394. The quantitative estimate of drug-likeness (QED) is 0.640. The number of nitrogens with two attached hydrogens (primary N) is 2. The smallest absolute Gasteiger partial charge is 0.329 e. The maximum atomic E-state index is 11.6. The summed E-state index contributed by atoms with van der Waals surface area (Å²) in [4.78, 5) is 29.0. The van der Waals surface area contributed by atoms with E-state index in [4.69, 9.17) is 5.73 Å². The van der Waals surface area contributed by atoms with Gasteiger partial charge < -0.3 is 16.0 Å². The van der Waals surface area contributed by atoms with Gasteiger partial charge >= 0.3 is 5.69 Å². The molecule has 0 aliphatic rings. The lowest BCUT2D eigenvalue weighted by atomic mass is 10.5. The van der Waals surface area contributed by atoms with Gasteiger partial charge in [-0.15, -0.1) is 0 Å². The van der Waals surface area contributed by atoms with E-state index in [1.807, 2.05) is 6.92 Å². The van der Waals surface area contributed by atoms with Crippen molar-refractivity contribution >= 4 is 17.1 Å². The molecule has 8 heteroatoms. The number of aryl methyl sites for hydroxylation is 2.